The summed E-state index contributed by atoms with van der Waals surface area (Å²) < 4.78 is 12.1. The molecule has 5 N–H and O–H groups in total. The van der Waals surface area contributed by atoms with Crippen LogP contribution in [0.2, 0.25) is 0 Å². The molecule has 2 saturated carbocycles. The number of carboxylic acids is 3. The monoisotopic (exact) mass is 697 g/mol. The van der Waals surface area contributed by atoms with Crippen molar-refractivity contribution in [1.29, 1.82) is 0 Å². The molecule has 0 saturated heterocycles. The van der Waals surface area contributed by atoms with Crippen molar-refractivity contribution in [1.82, 2.24) is 4.90 Å². The first kappa shape index (κ1) is 39.0. The second kappa shape index (κ2) is 16.5. The third kappa shape index (κ3) is 8.72. The highest BCUT2D eigenvalue weighted by Gasteiger charge is 2.56. The van der Waals surface area contributed by atoms with Gasteiger partial charge in [0, 0.05) is 6.54 Å². The number of carbonyl (C=O) groups is 3. The van der Waals surface area contributed by atoms with Crippen LogP contribution in [-0.4, -0.2) is 80.7 Å². The van der Waals surface area contributed by atoms with Crippen LogP contribution in [0.3, 0.4) is 0 Å². The van der Waals surface area contributed by atoms with E-state index in [1.807, 2.05) is 12.1 Å². The Hall–Kier alpha value is -3.83. The molecule has 11 nitrogen and oxygen atoms in total. The van der Waals surface area contributed by atoms with Gasteiger partial charge in [0.25, 0.3) is 0 Å². The molecule has 5 rings (SSSR count). The van der Waals surface area contributed by atoms with Gasteiger partial charge in [0.1, 0.15) is 5.75 Å². The first-order valence-corrected chi connectivity index (χ1v) is 17.9. The molecule has 3 aliphatic carbocycles. The topological polar surface area (TPSA) is 174 Å². The third-order valence-corrected chi connectivity index (χ3v) is 11.8. The summed E-state index contributed by atoms with van der Waals surface area (Å²) in [6, 6.07) is 12.6. The maximum Gasteiger partial charge on any atom is 0.336 e. The van der Waals surface area contributed by atoms with Crippen LogP contribution in [0, 0.1) is 29.1 Å². The number of aromatic hydroxyl groups is 1. The Morgan fingerprint density at radius 1 is 0.960 bits per heavy atom. The lowest BCUT2D eigenvalue weighted by molar-refractivity contribution is -0.170. The predicted molar refractivity (Wildman–Crippen MR) is 188 cm³/mol. The molecule has 0 aromatic heterocycles. The number of ether oxygens (including phenoxy) is 2. The van der Waals surface area contributed by atoms with E-state index in [-0.39, 0.29) is 0 Å². The molecule has 0 aliphatic heterocycles. The molecule has 11 heteroatoms. The largest absolute Gasteiger partial charge is 0.508 e. The van der Waals surface area contributed by atoms with Gasteiger partial charge in [-0.25, -0.2) is 4.79 Å². The fourth-order valence-electron chi connectivity index (χ4n) is 9.21. The molecular weight excluding hydrogens is 642 g/mol. The van der Waals surface area contributed by atoms with Gasteiger partial charge in [0.2, 0.25) is 0 Å². The van der Waals surface area contributed by atoms with Crippen molar-refractivity contribution >= 4 is 17.9 Å². The molecule has 50 heavy (non-hydrogen) atoms. The van der Waals surface area contributed by atoms with Crippen molar-refractivity contribution in [3.8, 4) is 17.2 Å². The van der Waals surface area contributed by atoms with Gasteiger partial charge in [0.05, 0.1) is 26.6 Å². The van der Waals surface area contributed by atoms with Gasteiger partial charge in [-0.3, -0.25) is 14.5 Å². The number of fused-ring (bicyclic) bond motifs is 5. The number of phenolic OH excluding ortho intramolecular Hbond substituents is 1. The minimum atomic E-state index is -2.74. The number of aliphatic hydroxyl groups is 1. The van der Waals surface area contributed by atoms with Crippen LogP contribution in [-0.2, 0) is 27.3 Å². The summed E-state index contributed by atoms with van der Waals surface area (Å²) >= 11 is 0. The molecule has 0 radical (unpaired) electrons. The Morgan fingerprint density at radius 3 is 2.24 bits per heavy atom. The second-order valence-corrected chi connectivity index (χ2v) is 14.7. The highest BCUT2D eigenvalue weighted by Crippen LogP contribution is 2.64. The van der Waals surface area contributed by atoms with Crippen molar-refractivity contribution in [2.45, 2.75) is 97.1 Å². The normalized spacial score (nSPS) is 25.4. The quantitative estimate of drug-likeness (QED) is 0.152. The highest BCUT2D eigenvalue weighted by atomic mass is 16.5. The maximum atomic E-state index is 10.3. The Kier molecular flexibility index (Phi) is 12.8. The number of hydrogen-bond donors (Lipinski definition) is 5. The van der Waals surface area contributed by atoms with Crippen molar-refractivity contribution in [2.75, 3.05) is 26.8 Å². The molecule has 0 bridgehead atoms. The van der Waals surface area contributed by atoms with Crippen LogP contribution in [0.15, 0.2) is 36.4 Å². The Labute approximate surface area is 295 Å². The maximum absolute atomic E-state index is 10.3. The van der Waals surface area contributed by atoms with Gasteiger partial charge in [-0.1, -0.05) is 39.8 Å². The molecule has 0 spiro atoms. The minimum absolute atomic E-state index is 0.408. The van der Waals surface area contributed by atoms with Crippen molar-refractivity contribution in [3.05, 3.63) is 53.1 Å². The van der Waals surface area contributed by atoms with Crippen LogP contribution in [0.5, 0.6) is 17.2 Å². The van der Waals surface area contributed by atoms with Crippen LogP contribution in [0.25, 0.3) is 0 Å². The molecule has 3 aliphatic rings. The van der Waals surface area contributed by atoms with Gasteiger partial charge in [-0.2, -0.15) is 0 Å². The summed E-state index contributed by atoms with van der Waals surface area (Å²) in [7, 11) is 1.75. The summed E-state index contributed by atoms with van der Waals surface area (Å²) in [5, 5.41) is 43.9. The number of hydrogen-bond acceptors (Lipinski definition) is 8. The highest BCUT2D eigenvalue weighted by molar-refractivity contribution is 5.88. The third-order valence-electron chi connectivity index (χ3n) is 11.8. The average Bonchev–Trinajstić information content (AvgIpc) is 3.39. The minimum Gasteiger partial charge on any atom is -0.508 e. The number of rotatable bonds is 14. The average molecular weight is 698 g/mol. The Morgan fingerprint density at radius 2 is 1.64 bits per heavy atom. The summed E-state index contributed by atoms with van der Waals surface area (Å²) in [4.78, 5) is 32.9. The SMILES string of the molecule is CCN(CC)Cc1ccc(OCC[C@H]2CCC3C4C(CCC32C)c2ccc(O)cc2C[C@H]4C)c(OC)c1.O=C(O)CC(O)(CC(=O)O)C(=O)O. The lowest BCUT2D eigenvalue weighted by Gasteiger charge is -2.53. The standard InChI is InChI=1S/C33H47NO3.C6H8O7/c1-6-34(7-2)21-23-8-13-30(31(19-23)36-5)37-17-15-25-9-12-29-32-22(3)18-24-20-26(35)10-11-27(24)28(32)14-16-33(25,29)4;7-3(8)1-6(13,5(11)12)2-4(9)10/h8,10-11,13,19-20,22,25,28-29,32,35H,6-7,9,12,14-18,21H2,1-5H3;13H,1-2H2,(H,7,8)(H,9,10)(H,11,12)/t22-,25-,28?,29?,32?,33?;/m1./s1. The second-order valence-electron chi connectivity index (χ2n) is 14.7. The fourth-order valence-corrected chi connectivity index (χ4v) is 9.21. The summed E-state index contributed by atoms with van der Waals surface area (Å²) in [6.45, 7) is 13.3. The smallest absolute Gasteiger partial charge is 0.336 e. The molecule has 2 aromatic carbocycles. The number of phenols is 1. The first-order valence-electron chi connectivity index (χ1n) is 17.9. The van der Waals surface area contributed by atoms with E-state index in [1.165, 1.54) is 42.4 Å². The number of methoxy groups -OCH3 is 1. The molecule has 6 atom stereocenters. The number of nitrogens with zero attached hydrogens (tertiary/aromatic N) is 1. The van der Waals surface area contributed by atoms with E-state index in [0.29, 0.717) is 23.0 Å². The lowest BCUT2D eigenvalue weighted by Crippen LogP contribution is -2.45. The van der Waals surface area contributed by atoms with Crippen molar-refractivity contribution < 1.29 is 49.4 Å². The first-order chi connectivity index (χ1) is 23.6. The van der Waals surface area contributed by atoms with Crippen LogP contribution in [0.1, 0.15) is 95.2 Å². The van der Waals surface area contributed by atoms with E-state index in [0.717, 1.165) is 68.3 Å². The van der Waals surface area contributed by atoms with E-state index in [1.54, 1.807) is 7.11 Å². The Balaban J connectivity index is 0.000000369. The lowest BCUT2D eigenvalue weighted by atomic mass is 9.51. The molecule has 0 amide bonds. The van der Waals surface area contributed by atoms with Crippen LogP contribution >= 0.6 is 0 Å². The van der Waals surface area contributed by atoms with Crippen molar-refractivity contribution in [2.24, 2.45) is 29.1 Å². The summed E-state index contributed by atoms with van der Waals surface area (Å²) in [5.74, 6) is 0.735. The molecule has 2 fully saturated rings. The molecule has 2 aromatic rings. The summed E-state index contributed by atoms with van der Waals surface area (Å²) in [6.07, 6.45) is 5.19. The van der Waals surface area contributed by atoms with E-state index >= 15 is 0 Å². The number of aliphatic carboxylic acids is 3. The Bertz CT molecular complexity index is 1490. The summed E-state index contributed by atoms with van der Waals surface area (Å²) in [5.41, 5.74) is 1.85. The zero-order chi connectivity index (χ0) is 36.8. The van der Waals surface area contributed by atoms with Gasteiger partial charge >= 0.3 is 17.9 Å². The van der Waals surface area contributed by atoms with Gasteiger partial charge < -0.3 is 35.0 Å². The van der Waals surface area contributed by atoms with E-state index in [9.17, 15) is 19.5 Å². The fraction of sp³-hybridized carbons (Fsp3) is 0.615. The van der Waals surface area contributed by atoms with Gasteiger partial charge in [0.15, 0.2) is 17.1 Å². The number of carboxylic acid groups (broad SMARTS) is 3. The molecule has 0 heterocycles. The molecule has 4 unspecified atom stereocenters. The zero-order valence-corrected chi connectivity index (χ0v) is 30.1. The van der Waals surface area contributed by atoms with E-state index < -0.39 is 36.4 Å². The number of benzene rings is 2. The molecular formula is C39H55NO10. The van der Waals surface area contributed by atoms with Gasteiger partial charge in [-0.15, -0.1) is 0 Å². The van der Waals surface area contributed by atoms with Gasteiger partial charge in [-0.05, 0) is 128 Å². The predicted octanol–water partition coefficient (Wildman–Crippen LogP) is 6.18. The van der Waals surface area contributed by atoms with Crippen LogP contribution in [0.4, 0.5) is 0 Å². The van der Waals surface area contributed by atoms with Crippen LogP contribution < -0.4 is 9.47 Å². The molecule has 276 valence electrons. The van der Waals surface area contributed by atoms with E-state index in [2.05, 4.69) is 56.9 Å². The van der Waals surface area contributed by atoms with Crippen molar-refractivity contribution in [3.63, 3.8) is 0 Å². The van der Waals surface area contributed by atoms with E-state index in [4.69, 9.17) is 29.9 Å². The zero-order valence-electron chi connectivity index (χ0n) is 30.1.